The summed E-state index contributed by atoms with van der Waals surface area (Å²) < 4.78 is 0. The van der Waals surface area contributed by atoms with Crippen molar-refractivity contribution in [3.05, 3.63) is 35.0 Å². The van der Waals surface area contributed by atoms with E-state index in [9.17, 15) is 9.70 Å². The molecule has 4 unspecified atom stereocenters. The lowest BCUT2D eigenvalue weighted by molar-refractivity contribution is -0.128. The van der Waals surface area contributed by atoms with Crippen molar-refractivity contribution in [1.29, 1.82) is 0 Å². The fourth-order valence-electron chi connectivity index (χ4n) is 3.54. The molecular formula is C14H16N2O2. The molecule has 0 radical (unpaired) electrons. The second kappa shape index (κ2) is 4.59. The van der Waals surface area contributed by atoms with Gasteiger partial charge in [0, 0.05) is 17.8 Å². The third-order valence-electron chi connectivity index (χ3n) is 4.46. The van der Waals surface area contributed by atoms with Gasteiger partial charge in [-0.2, -0.15) is 4.91 Å². The zero-order chi connectivity index (χ0) is 12.5. The molecule has 3 rings (SSSR count). The molecule has 4 atom stereocenters. The van der Waals surface area contributed by atoms with Crippen LogP contribution in [0.2, 0.25) is 0 Å². The first-order chi connectivity index (χ1) is 8.79. The van der Waals surface area contributed by atoms with Crippen LogP contribution < -0.4 is 0 Å². The molecule has 2 fully saturated rings. The van der Waals surface area contributed by atoms with E-state index in [0.717, 1.165) is 25.0 Å². The largest absolute Gasteiger partial charge is 0.297 e. The maximum atomic E-state index is 12.3. The molecular weight excluding hydrogens is 228 g/mol. The van der Waals surface area contributed by atoms with Crippen molar-refractivity contribution < 1.29 is 4.79 Å². The number of aromatic nitrogens is 1. The lowest BCUT2D eigenvalue weighted by atomic mass is 9.74. The van der Waals surface area contributed by atoms with Gasteiger partial charge in [-0.3, -0.25) is 9.78 Å². The Bertz CT molecular complexity index is 460. The van der Waals surface area contributed by atoms with Crippen molar-refractivity contribution >= 4 is 5.78 Å². The quantitative estimate of drug-likeness (QED) is 0.767. The molecule has 2 bridgehead atoms. The van der Waals surface area contributed by atoms with Crippen molar-refractivity contribution in [3.8, 4) is 0 Å². The van der Waals surface area contributed by atoms with E-state index in [4.69, 9.17) is 0 Å². The van der Waals surface area contributed by atoms with Crippen LogP contribution in [-0.4, -0.2) is 16.8 Å². The van der Waals surface area contributed by atoms with E-state index in [0.29, 0.717) is 12.3 Å². The van der Waals surface area contributed by atoms with Gasteiger partial charge in [0.2, 0.25) is 0 Å². The van der Waals surface area contributed by atoms with Crippen LogP contribution >= 0.6 is 0 Å². The highest BCUT2D eigenvalue weighted by molar-refractivity contribution is 5.88. The van der Waals surface area contributed by atoms with Crippen molar-refractivity contribution in [3.63, 3.8) is 0 Å². The van der Waals surface area contributed by atoms with Crippen LogP contribution in [0.15, 0.2) is 29.6 Å². The highest BCUT2D eigenvalue weighted by atomic mass is 16.3. The number of pyridine rings is 1. The molecule has 0 aromatic carbocycles. The minimum absolute atomic E-state index is 0.0504. The molecule has 4 heteroatoms. The van der Waals surface area contributed by atoms with Gasteiger partial charge < -0.3 is 0 Å². The Kier molecular flexibility index (Phi) is 2.94. The fourth-order valence-corrected chi connectivity index (χ4v) is 3.54. The Morgan fingerprint density at radius 3 is 2.83 bits per heavy atom. The smallest absolute Gasteiger partial charge is 0.164 e. The van der Waals surface area contributed by atoms with Gasteiger partial charge in [0.15, 0.2) is 11.8 Å². The summed E-state index contributed by atoms with van der Waals surface area (Å²) in [5, 5.41) is 3.08. The van der Waals surface area contributed by atoms with Gasteiger partial charge in [0.1, 0.15) is 0 Å². The Morgan fingerprint density at radius 2 is 2.11 bits per heavy atom. The van der Waals surface area contributed by atoms with Crippen molar-refractivity contribution in [2.75, 3.05) is 0 Å². The minimum Gasteiger partial charge on any atom is -0.297 e. The second-order valence-corrected chi connectivity index (χ2v) is 5.42. The number of hydrogen-bond acceptors (Lipinski definition) is 4. The topological polar surface area (TPSA) is 59.4 Å². The lowest BCUT2D eigenvalue weighted by Gasteiger charge is -2.30. The summed E-state index contributed by atoms with van der Waals surface area (Å²) in [6.07, 6.45) is 5.42. The zero-order valence-corrected chi connectivity index (χ0v) is 10.2. The van der Waals surface area contributed by atoms with Gasteiger partial charge in [0.25, 0.3) is 0 Å². The molecule has 2 aliphatic rings. The number of nitrogens with zero attached hydrogens (tertiary/aromatic N) is 2. The number of carbonyl (C=O) groups is 1. The standard InChI is InChI=1S/C14H16N2O2/c17-14-12(8-11-3-1-2-6-15-11)9-4-5-10(7-9)13(14)16-18/h1-3,6,9-10,12-13H,4-5,7-8H2. The number of rotatable bonds is 3. The van der Waals surface area contributed by atoms with E-state index in [2.05, 4.69) is 10.2 Å². The minimum atomic E-state index is -0.600. The Balaban J connectivity index is 1.82. The average molecular weight is 244 g/mol. The predicted octanol–water partition coefficient (Wildman–Crippen LogP) is 2.37. The number of fused-ring (bicyclic) bond motifs is 2. The number of ketones is 1. The Morgan fingerprint density at radius 1 is 1.28 bits per heavy atom. The maximum absolute atomic E-state index is 12.3. The fraction of sp³-hybridized carbons (Fsp3) is 0.571. The van der Waals surface area contributed by atoms with E-state index in [-0.39, 0.29) is 17.6 Å². The van der Waals surface area contributed by atoms with Crippen LogP contribution in [0.25, 0.3) is 0 Å². The summed E-state index contributed by atoms with van der Waals surface area (Å²) in [7, 11) is 0. The first-order valence-corrected chi connectivity index (χ1v) is 6.55. The van der Waals surface area contributed by atoms with Crippen molar-refractivity contribution in [2.45, 2.75) is 31.7 Å². The molecule has 1 aromatic rings. The van der Waals surface area contributed by atoms with Crippen LogP contribution in [0, 0.1) is 22.7 Å². The molecule has 0 N–H and O–H groups in total. The van der Waals surface area contributed by atoms with Gasteiger partial charge in [-0.05, 0) is 49.7 Å². The van der Waals surface area contributed by atoms with E-state index < -0.39 is 6.04 Å². The molecule has 0 saturated heterocycles. The lowest BCUT2D eigenvalue weighted by Crippen LogP contribution is -2.40. The van der Waals surface area contributed by atoms with Crippen molar-refractivity contribution in [1.82, 2.24) is 4.98 Å². The summed E-state index contributed by atoms with van der Waals surface area (Å²) in [5.74, 6) is 0.637. The molecule has 4 nitrogen and oxygen atoms in total. The first kappa shape index (κ1) is 11.5. The van der Waals surface area contributed by atoms with Crippen LogP contribution in [-0.2, 0) is 11.2 Å². The van der Waals surface area contributed by atoms with Gasteiger partial charge in [0.05, 0.1) is 0 Å². The third-order valence-corrected chi connectivity index (χ3v) is 4.46. The van der Waals surface area contributed by atoms with Gasteiger partial charge in [-0.25, -0.2) is 0 Å². The molecule has 1 aromatic heterocycles. The van der Waals surface area contributed by atoms with Crippen LogP contribution in [0.3, 0.4) is 0 Å². The molecule has 2 aliphatic carbocycles. The molecule has 0 amide bonds. The molecule has 0 aliphatic heterocycles. The number of Topliss-reactive ketones (excluding diaryl/α,β-unsaturated/α-hetero) is 1. The summed E-state index contributed by atoms with van der Waals surface area (Å²) in [6.45, 7) is 0. The summed E-state index contributed by atoms with van der Waals surface area (Å²) >= 11 is 0. The summed E-state index contributed by atoms with van der Waals surface area (Å²) in [6, 6.07) is 5.14. The molecule has 0 spiro atoms. The molecule has 18 heavy (non-hydrogen) atoms. The van der Waals surface area contributed by atoms with Crippen molar-refractivity contribution in [2.24, 2.45) is 22.9 Å². The van der Waals surface area contributed by atoms with E-state index in [1.54, 1.807) is 6.20 Å². The third kappa shape index (κ3) is 1.85. The maximum Gasteiger partial charge on any atom is 0.164 e. The highest BCUT2D eigenvalue weighted by Crippen LogP contribution is 2.45. The normalized spacial score (nSPS) is 34.6. The number of hydrogen-bond donors (Lipinski definition) is 0. The molecule has 1 heterocycles. The second-order valence-electron chi connectivity index (χ2n) is 5.42. The SMILES string of the molecule is O=NC1C(=O)C(Cc2ccccn2)C2CCC1C2. The number of nitroso groups, excluding NO2 is 1. The van der Waals surface area contributed by atoms with Gasteiger partial charge in [-0.15, -0.1) is 0 Å². The monoisotopic (exact) mass is 244 g/mol. The molecule has 2 saturated carbocycles. The summed E-state index contributed by atoms with van der Waals surface area (Å²) in [4.78, 5) is 27.4. The number of carbonyl (C=O) groups excluding carboxylic acids is 1. The highest BCUT2D eigenvalue weighted by Gasteiger charge is 2.48. The molecule has 94 valence electrons. The van der Waals surface area contributed by atoms with Gasteiger partial charge >= 0.3 is 0 Å². The zero-order valence-electron chi connectivity index (χ0n) is 10.2. The van der Waals surface area contributed by atoms with Crippen LogP contribution in [0.4, 0.5) is 0 Å². The predicted molar refractivity (Wildman–Crippen MR) is 66.9 cm³/mol. The van der Waals surface area contributed by atoms with Crippen LogP contribution in [0.1, 0.15) is 25.0 Å². The Labute approximate surface area is 106 Å². The van der Waals surface area contributed by atoms with E-state index in [1.807, 2.05) is 18.2 Å². The average Bonchev–Trinajstić information content (AvgIpc) is 2.82. The first-order valence-electron chi connectivity index (χ1n) is 6.55. The van der Waals surface area contributed by atoms with Crippen LogP contribution in [0.5, 0.6) is 0 Å². The Hall–Kier alpha value is -1.58. The summed E-state index contributed by atoms with van der Waals surface area (Å²) in [5.41, 5.74) is 0.936. The van der Waals surface area contributed by atoms with E-state index >= 15 is 0 Å². The van der Waals surface area contributed by atoms with E-state index in [1.165, 1.54) is 0 Å². The van der Waals surface area contributed by atoms with Gasteiger partial charge in [-0.1, -0.05) is 11.2 Å².